The van der Waals surface area contributed by atoms with Gasteiger partial charge < -0.3 is 10.2 Å². The molecule has 2 unspecified atom stereocenters. The van der Waals surface area contributed by atoms with Gasteiger partial charge in [-0.3, -0.25) is 9.69 Å². The van der Waals surface area contributed by atoms with Crippen LogP contribution in [0, 0.1) is 0 Å². The van der Waals surface area contributed by atoms with Crippen LogP contribution in [-0.4, -0.2) is 55.5 Å². The summed E-state index contributed by atoms with van der Waals surface area (Å²) < 4.78 is 0. The summed E-state index contributed by atoms with van der Waals surface area (Å²) in [4.78, 5) is 16.5. The molecule has 1 N–H and O–H groups in total. The minimum atomic E-state index is -0.166. The number of rotatable bonds is 3. The second-order valence-electron chi connectivity index (χ2n) is 5.40. The minimum Gasteiger partial charge on any atom is -0.347 e. The van der Waals surface area contributed by atoms with Crippen molar-refractivity contribution < 1.29 is 4.79 Å². The van der Waals surface area contributed by atoms with Gasteiger partial charge in [0.05, 0.1) is 0 Å². The van der Waals surface area contributed by atoms with E-state index < -0.39 is 0 Å². The second-order valence-corrected chi connectivity index (χ2v) is 5.40. The Morgan fingerprint density at radius 3 is 2.63 bits per heavy atom. The van der Waals surface area contributed by atoms with E-state index in [4.69, 9.17) is 0 Å². The Balaban J connectivity index is 2.26. The lowest BCUT2D eigenvalue weighted by molar-refractivity contribution is -0.135. The van der Waals surface area contributed by atoms with E-state index in [1.165, 1.54) is 0 Å². The molecule has 2 rings (SSSR count). The van der Waals surface area contributed by atoms with Gasteiger partial charge in [0.2, 0.25) is 5.91 Å². The Bertz CT molecular complexity index is 419. The summed E-state index contributed by atoms with van der Waals surface area (Å²) in [7, 11) is 3.65. The molecular weight excluding hydrogens is 238 g/mol. The first-order chi connectivity index (χ1) is 9.09. The predicted molar refractivity (Wildman–Crippen MR) is 76.9 cm³/mol. The van der Waals surface area contributed by atoms with Crippen LogP contribution < -0.4 is 5.32 Å². The molecule has 1 aromatic carbocycles. The van der Waals surface area contributed by atoms with Gasteiger partial charge >= 0.3 is 0 Å². The van der Waals surface area contributed by atoms with Crippen LogP contribution in [0.3, 0.4) is 0 Å². The molecule has 1 aliphatic rings. The molecule has 1 amide bonds. The fourth-order valence-electron chi connectivity index (χ4n) is 2.59. The molecule has 1 saturated heterocycles. The van der Waals surface area contributed by atoms with E-state index in [9.17, 15) is 4.79 Å². The number of hydrogen-bond acceptors (Lipinski definition) is 3. The van der Waals surface area contributed by atoms with E-state index in [0.29, 0.717) is 6.04 Å². The maximum Gasteiger partial charge on any atom is 0.244 e. The third-order valence-corrected chi connectivity index (χ3v) is 3.56. The maximum absolute atomic E-state index is 12.5. The van der Waals surface area contributed by atoms with Gasteiger partial charge in [-0.2, -0.15) is 0 Å². The van der Waals surface area contributed by atoms with Gasteiger partial charge in [-0.15, -0.1) is 0 Å². The first-order valence-electron chi connectivity index (χ1n) is 6.83. The number of benzene rings is 1. The van der Waals surface area contributed by atoms with Crippen LogP contribution in [0.4, 0.5) is 0 Å². The van der Waals surface area contributed by atoms with Crippen molar-refractivity contribution in [1.29, 1.82) is 0 Å². The summed E-state index contributed by atoms with van der Waals surface area (Å²) in [5.41, 5.74) is 1.08. The lowest BCUT2D eigenvalue weighted by atomic mass is 10.0. The standard InChI is InChI=1S/C15H23N3O/c1-12-11-18(10-9-16-12)14(15(19)17(2)3)13-7-5-4-6-8-13/h4-8,12,14,16H,9-11H2,1-3H3. The fourth-order valence-corrected chi connectivity index (χ4v) is 2.59. The Hall–Kier alpha value is -1.39. The number of nitrogens with one attached hydrogen (secondary N) is 1. The van der Waals surface area contributed by atoms with Crippen molar-refractivity contribution >= 4 is 5.91 Å². The van der Waals surface area contributed by atoms with Gasteiger partial charge in [0.1, 0.15) is 6.04 Å². The van der Waals surface area contributed by atoms with E-state index in [1.807, 2.05) is 44.4 Å². The smallest absolute Gasteiger partial charge is 0.244 e. The molecule has 1 fully saturated rings. The summed E-state index contributed by atoms with van der Waals surface area (Å²) in [6.07, 6.45) is 0. The van der Waals surface area contributed by atoms with Gasteiger partial charge in [0, 0.05) is 39.8 Å². The maximum atomic E-state index is 12.5. The van der Waals surface area contributed by atoms with Crippen LogP contribution >= 0.6 is 0 Å². The molecule has 2 atom stereocenters. The summed E-state index contributed by atoms with van der Waals surface area (Å²) in [6.45, 7) is 4.90. The highest BCUT2D eigenvalue weighted by molar-refractivity contribution is 5.82. The molecule has 4 nitrogen and oxygen atoms in total. The first kappa shape index (κ1) is 14.0. The third kappa shape index (κ3) is 3.33. The van der Waals surface area contributed by atoms with Gasteiger partial charge in [-0.1, -0.05) is 30.3 Å². The molecule has 0 spiro atoms. The van der Waals surface area contributed by atoms with Crippen molar-refractivity contribution in [3.63, 3.8) is 0 Å². The molecule has 0 aromatic heterocycles. The molecule has 19 heavy (non-hydrogen) atoms. The van der Waals surface area contributed by atoms with E-state index in [0.717, 1.165) is 25.2 Å². The fraction of sp³-hybridized carbons (Fsp3) is 0.533. The lowest BCUT2D eigenvalue weighted by Gasteiger charge is -2.38. The average Bonchev–Trinajstić information content (AvgIpc) is 2.40. The predicted octanol–water partition coefficient (Wildman–Crippen LogP) is 1.11. The topological polar surface area (TPSA) is 35.6 Å². The van der Waals surface area contributed by atoms with Crippen LogP contribution in [0.15, 0.2) is 30.3 Å². The number of carbonyl (C=O) groups excluding carboxylic acids is 1. The van der Waals surface area contributed by atoms with Crippen LogP contribution in [0.1, 0.15) is 18.5 Å². The summed E-state index contributed by atoms with van der Waals surface area (Å²) >= 11 is 0. The molecule has 0 bridgehead atoms. The number of carbonyl (C=O) groups is 1. The van der Waals surface area contributed by atoms with Crippen molar-refractivity contribution in [2.24, 2.45) is 0 Å². The Labute approximate surface area is 115 Å². The highest BCUT2D eigenvalue weighted by Crippen LogP contribution is 2.23. The van der Waals surface area contributed by atoms with Crippen molar-refractivity contribution in [1.82, 2.24) is 15.1 Å². The minimum absolute atomic E-state index is 0.153. The molecule has 0 aliphatic carbocycles. The molecule has 0 radical (unpaired) electrons. The average molecular weight is 261 g/mol. The molecule has 104 valence electrons. The van der Waals surface area contributed by atoms with Gasteiger partial charge in [-0.05, 0) is 12.5 Å². The number of likely N-dealkylation sites (N-methyl/N-ethyl adjacent to an activating group) is 1. The van der Waals surface area contributed by atoms with E-state index in [2.05, 4.69) is 17.1 Å². The molecular formula is C15H23N3O. The van der Waals surface area contributed by atoms with Crippen LogP contribution in [0.2, 0.25) is 0 Å². The Morgan fingerprint density at radius 1 is 1.37 bits per heavy atom. The zero-order valence-corrected chi connectivity index (χ0v) is 12.0. The van der Waals surface area contributed by atoms with Gasteiger partial charge in [0.15, 0.2) is 0 Å². The largest absolute Gasteiger partial charge is 0.347 e. The zero-order valence-electron chi connectivity index (χ0n) is 12.0. The normalized spacial score (nSPS) is 21.9. The second kappa shape index (κ2) is 6.17. The highest BCUT2D eigenvalue weighted by Gasteiger charge is 2.31. The van der Waals surface area contributed by atoms with Crippen LogP contribution in [0.25, 0.3) is 0 Å². The van der Waals surface area contributed by atoms with Gasteiger partial charge in [-0.25, -0.2) is 0 Å². The van der Waals surface area contributed by atoms with Gasteiger partial charge in [0.25, 0.3) is 0 Å². The lowest BCUT2D eigenvalue weighted by Crippen LogP contribution is -2.53. The summed E-state index contributed by atoms with van der Waals surface area (Å²) in [6, 6.07) is 10.3. The number of nitrogens with zero attached hydrogens (tertiary/aromatic N) is 2. The highest BCUT2D eigenvalue weighted by atomic mass is 16.2. The van der Waals surface area contributed by atoms with Crippen molar-refractivity contribution in [3.8, 4) is 0 Å². The van der Waals surface area contributed by atoms with Crippen molar-refractivity contribution in [2.45, 2.75) is 19.0 Å². The van der Waals surface area contributed by atoms with Crippen molar-refractivity contribution in [3.05, 3.63) is 35.9 Å². The molecule has 1 aliphatic heterocycles. The Morgan fingerprint density at radius 2 is 2.05 bits per heavy atom. The number of hydrogen-bond donors (Lipinski definition) is 1. The molecule has 0 saturated carbocycles. The summed E-state index contributed by atoms with van der Waals surface area (Å²) in [5, 5.41) is 3.42. The Kier molecular flexibility index (Phi) is 4.56. The monoisotopic (exact) mass is 261 g/mol. The molecule has 1 heterocycles. The quantitative estimate of drug-likeness (QED) is 0.885. The van der Waals surface area contributed by atoms with Crippen LogP contribution in [0.5, 0.6) is 0 Å². The van der Waals surface area contributed by atoms with E-state index in [-0.39, 0.29) is 11.9 Å². The van der Waals surface area contributed by atoms with E-state index >= 15 is 0 Å². The number of piperazine rings is 1. The number of amides is 1. The van der Waals surface area contributed by atoms with Crippen molar-refractivity contribution in [2.75, 3.05) is 33.7 Å². The third-order valence-electron chi connectivity index (χ3n) is 3.56. The summed E-state index contributed by atoms with van der Waals surface area (Å²) in [5.74, 6) is 0.153. The van der Waals surface area contributed by atoms with Crippen LogP contribution in [-0.2, 0) is 4.79 Å². The molecule has 1 aromatic rings. The van der Waals surface area contributed by atoms with E-state index in [1.54, 1.807) is 4.90 Å². The SMILES string of the molecule is CC1CN(C(C(=O)N(C)C)c2ccccc2)CCN1. The first-order valence-corrected chi connectivity index (χ1v) is 6.83. The zero-order chi connectivity index (χ0) is 13.8. The molecule has 4 heteroatoms.